The summed E-state index contributed by atoms with van der Waals surface area (Å²) >= 11 is 0. The number of hydrogen-bond acceptors (Lipinski definition) is 4. The summed E-state index contributed by atoms with van der Waals surface area (Å²) in [5, 5.41) is 19.0. The molecule has 1 saturated carbocycles. The summed E-state index contributed by atoms with van der Waals surface area (Å²) in [7, 11) is 0. The molecule has 0 unspecified atom stereocenters. The molecule has 1 fully saturated rings. The van der Waals surface area contributed by atoms with Gasteiger partial charge in [-0.25, -0.2) is 10.1 Å². The zero-order valence-corrected chi connectivity index (χ0v) is 13.2. The standard InChI is InChI=1S/C10H20O4.K/c1-9(2,3)8-4-6-10(13-11,14-12)7-5-8;/h8,11-12H,4-7H2,1-3H3;/q;+1/p-1. The maximum Gasteiger partial charge on any atom is 1.00 e. The second kappa shape index (κ2) is 6.42. The van der Waals surface area contributed by atoms with Crippen LogP contribution in [-0.2, 0) is 9.78 Å². The molecule has 0 amide bonds. The van der Waals surface area contributed by atoms with E-state index in [9.17, 15) is 5.26 Å². The smallest absolute Gasteiger partial charge is 0.721 e. The third kappa shape index (κ3) is 4.33. The molecule has 0 aliphatic heterocycles. The van der Waals surface area contributed by atoms with Crippen LogP contribution >= 0.6 is 0 Å². The summed E-state index contributed by atoms with van der Waals surface area (Å²) in [5.41, 5.74) is 0.241. The van der Waals surface area contributed by atoms with Crippen molar-refractivity contribution in [3.8, 4) is 0 Å². The molecule has 84 valence electrons. The van der Waals surface area contributed by atoms with Crippen LogP contribution in [0.25, 0.3) is 0 Å². The first kappa shape index (κ1) is 16.5. The molecule has 0 aromatic heterocycles. The Morgan fingerprint density at radius 1 is 1.27 bits per heavy atom. The monoisotopic (exact) mass is 242 g/mol. The van der Waals surface area contributed by atoms with E-state index in [2.05, 4.69) is 30.5 Å². The molecule has 1 rings (SSSR count). The molecule has 5 heteroatoms. The fraction of sp³-hybridized carbons (Fsp3) is 1.00. The van der Waals surface area contributed by atoms with Gasteiger partial charge in [0.1, 0.15) is 0 Å². The van der Waals surface area contributed by atoms with Gasteiger partial charge in [-0.05, 0) is 24.2 Å². The Morgan fingerprint density at radius 3 is 2.00 bits per heavy atom. The fourth-order valence-corrected chi connectivity index (χ4v) is 2.11. The number of rotatable bonds is 2. The minimum atomic E-state index is -1.29. The molecule has 4 nitrogen and oxygen atoms in total. The molecule has 1 aliphatic carbocycles. The van der Waals surface area contributed by atoms with E-state index in [1.165, 1.54) is 0 Å². The van der Waals surface area contributed by atoms with E-state index < -0.39 is 5.79 Å². The molecule has 15 heavy (non-hydrogen) atoms. The van der Waals surface area contributed by atoms with Crippen molar-refractivity contribution in [3.63, 3.8) is 0 Å². The Kier molecular flexibility index (Phi) is 7.05. The van der Waals surface area contributed by atoms with Crippen LogP contribution in [0.3, 0.4) is 0 Å². The predicted octanol–water partition coefficient (Wildman–Crippen LogP) is -1.30. The Labute approximate surface area is 134 Å². The first-order valence-electron chi connectivity index (χ1n) is 5.07. The summed E-state index contributed by atoms with van der Waals surface area (Å²) in [5.74, 6) is -0.734. The first-order valence-corrected chi connectivity index (χ1v) is 5.07. The van der Waals surface area contributed by atoms with Crippen LogP contribution in [0.5, 0.6) is 0 Å². The molecule has 1 aliphatic rings. The summed E-state index contributed by atoms with van der Waals surface area (Å²) in [6, 6.07) is 0. The first-order chi connectivity index (χ1) is 6.43. The van der Waals surface area contributed by atoms with E-state index in [0.717, 1.165) is 12.8 Å². The van der Waals surface area contributed by atoms with E-state index in [-0.39, 0.29) is 56.8 Å². The molecular weight excluding hydrogens is 223 g/mol. The average Bonchev–Trinajstić information content (AvgIpc) is 2.16. The van der Waals surface area contributed by atoms with Crippen LogP contribution in [0.1, 0.15) is 46.5 Å². The Bertz CT molecular complexity index is 176. The van der Waals surface area contributed by atoms with E-state index in [1.54, 1.807) is 0 Å². The Morgan fingerprint density at radius 2 is 1.73 bits per heavy atom. The van der Waals surface area contributed by atoms with Crippen LogP contribution in [0.2, 0.25) is 0 Å². The van der Waals surface area contributed by atoms with E-state index in [0.29, 0.717) is 18.8 Å². The zero-order chi connectivity index (χ0) is 10.8. The summed E-state index contributed by atoms with van der Waals surface area (Å²) in [4.78, 5) is 8.12. The largest absolute Gasteiger partial charge is 1.00 e. The summed E-state index contributed by atoms with van der Waals surface area (Å²) < 4.78 is 0. The molecule has 0 radical (unpaired) electrons. The second-order valence-corrected chi connectivity index (χ2v) is 5.23. The van der Waals surface area contributed by atoms with E-state index in [4.69, 9.17) is 5.26 Å². The normalized spacial score (nSPS) is 32.2. The van der Waals surface area contributed by atoms with Gasteiger partial charge >= 0.3 is 51.4 Å². The van der Waals surface area contributed by atoms with Gasteiger partial charge in [0.2, 0.25) is 0 Å². The topological polar surface area (TPSA) is 61.8 Å². The predicted molar refractivity (Wildman–Crippen MR) is 48.9 cm³/mol. The quantitative estimate of drug-likeness (QED) is 0.283. The molecular formula is C10H19KO4. The average molecular weight is 242 g/mol. The van der Waals surface area contributed by atoms with Gasteiger partial charge < -0.3 is 10.1 Å². The van der Waals surface area contributed by atoms with Crippen molar-refractivity contribution >= 4 is 0 Å². The molecule has 0 aromatic rings. The van der Waals surface area contributed by atoms with Crippen molar-refractivity contribution < 1.29 is 71.7 Å². The molecule has 1 N–H and O–H groups in total. The third-order valence-corrected chi connectivity index (χ3v) is 3.29. The van der Waals surface area contributed by atoms with E-state index >= 15 is 0 Å². The summed E-state index contributed by atoms with van der Waals surface area (Å²) in [6.45, 7) is 6.55. The minimum absolute atomic E-state index is 0. The van der Waals surface area contributed by atoms with Crippen LogP contribution in [-0.4, -0.2) is 11.0 Å². The van der Waals surface area contributed by atoms with Crippen molar-refractivity contribution in [1.29, 1.82) is 0 Å². The van der Waals surface area contributed by atoms with Gasteiger partial charge in [-0.3, -0.25) is 0 Å². The van der Waals surface area contributed by atoms with Gasteiger partial charge in [-0.1, -0.05) is 20.8 Å². The van der Waals surface area contributed by atoms with Crippen molar-refractivity contribution in [2.45, 2.75) is 52.2 Å². The molecule has 0 bridgehead atoms. The van der Waals surface area contributed by atoms with Crippen LogP contribution in [0, 0.1) is 11.3 Å². The zero-order valence-electron chi connectivity index (χ0n) is 10.1. The van der Waals surface area contributed by atoms with Crippen LogP contribution in [0.15, 0.2) is 0 Å². The molecule has 0 aromatic carbocycles. The van der Waals surface area contributed by atoms with Gasteiger partial charge in [0.25, 0.3) is 0 Å². The van der Waals surface area contributed by atoms with Gasteiger partial charge in [0, 0.05) is 12.8 Å². The van der Waals surface area contributed by atoms with Crippen LogP contribution in [0.4, 0.5) is 0 Å². The van der Waals surface area contributed by atoms with Crippen molar-refractivity contribution in [3.05, 3.63) is 0 Å². The SMILES string of the molecule is CC(C)(C)C1CCC(O[O-])(OO)CC1.[K+]. The fourth-order valence-electron chi connectivity index (χ4n) is 2.11. The Balaban J connectivity index is 0.00000196. The summed E-state index contributed by atoms with van der Waals surface area (Å²) in [6.07, 6.45) is 2.64. The maximum atomic E-state index is 10.4. The number of hydrogen-bond donors (Lipinski definition) is 1. The second-order valence-electron chi connectivity index (χ2n) is 5.23. The van der Waals surface area contributed by atoms with Gasteiger partial charge in [-0.15, -0.1) is 0 Å². The van der Waals surface area contributed by atoms with Crippen molar-refractivity contribution in [2.75, 3.05) is 0 Å². The molecule has 0 spiro atoms. The molecule has 0 heterocycles. The van der Waals surface area contributed by atoms with Crippen LogP contribution < -0.4 is 56.6 Å². The van der Waals surface area contributed by atoms with Crippen molar-refractivity contribution in [2.24, 2.45) is 11.3 Å². The minimum Gasteiger partial charge on any atom is -0.721 e. The van der Waals surface area contributed by atoms with Gasteiger partial charge in [0.15, 0.2) is 5.79 Å². The van der Waals surface area contributed by atoms with Gasteiger partial charge in [0.05, 0.1) is 0 Å². The van der Waals surface area contributed by atoms with Gasteiger partial charge in [-0.2, -0.15) is 0 Å². The molecule has 0 atom stereocenters. The maximum absolute atomic E-state index is 10.4. The molecule has 0 saturated heterocycles. The third-order valence-electron chi connectivity index (χ3n) is 3.29. The van der Waals surface area contributed by atoms with Crippen molar-refractivity contribution in [1.82, 2.24) is 0 Å². The van der Waals surface area contributed by atoms with E-state index in [1.807, 2.05) is 0 Å². The Hall–Kier alpha value is 1.48.